The zero-order valence-electron chi connectivity index (χ0n) is 18.5. The minimum Gasteiger partial charge on any atom is -0.497 e. The first-order chi connectivity index (χ1) is 15.5. The standard InChI is InChI=1S/C27H28N2O3/c1-19-7-3-4-12-25(19)21-9-5-8-20(15-21)16-23-18-29(14-13-28-26(23)30)27(31)22-10-6-11-24(17-22)32-2/h3-12,15,17,23H,13-14,16,18H2,1-2H3,(H,28,30). The number of methoxy groups -OCH3 is 1. The van der Waals surface area contributed by atoms with Crippen LogP contribution in [0.3, 0.4) is 0 Å². The minimum atomic E-state index is -0.306. The van der Waals surface area contributed by atoms with Gasteiger partial charge in [-0.1, -0.05) is 54.6 Å². The van der Waals surface area contributed by atoms with E-state index < -0.39 is 0 Å². The zero-order chi connectivity index (χ0) is 22.5. The summed E-state index contributed by atoms with van der Waals surface area (Å²) in [6.45, 7) is 3.43. The maximum Gasteiger partial charge on any atom is 0.254 e. The number of nitrogens with zero attached hydrogens (tertiary/aromatic N) is 1. The molecule has 0 bridgehead atoms. The Kier molecular flexibility index (Phi) is 6.55. The largest absolute Gasteiger partial charge is 0.497 e. The van der Waals surface area contributed by atoms with Gasteiger partial charge in [-0.2, -0.15) is 0 Å². The van der Waals surface area contributed by atoms with E-state index in [2.05, 4.69) is 36.5 Å². The van der Waals surface area contributed by atoms with Crippen LogP contribution in [0.15, 0.2) is 72.8 Å². The van der Waals surface area contributed by atoms with Crippen LogP contribution in [0.25, 0.3) is 11.1 Å². The molecule has 2 amide bonds. The highest BCUT2D eigenvalue weighted by atomic mass is 16.5. The Labute approximate surface area is 189 Å². The number of carbonyl (C=O) groups is 2. The third kappa shape index (κ3) is 4.83. The van der Waals surface area contributed by atoms with Gasteiger partial charge in [-0.15, -0.1) is 0 Å². The molecule has 1 saturated heterocycles. The van der Waals surface area contributed by atoms with E-state index in [1.807, 2.05) is 36.4 Å². The Hall–Kier alpha value is -3.60. The quantitative estimate of drug-likeness (QED) is 0.666. The van der Waals surface area contributed by atoms with Crippen molar-refractivity contribution < 1.29 is 14.3 Å². The highest BCUT2D eigenvalue weighted by Gasteiger charge is 2.28. The van der Waals surface area contributed by atoms with Crippen LogP contribution in [0, 0.1) is 12.8 Å². The number of hydrogen-bond acceptors (Lipinski definition) is 3. The van der Waals surface area contributed by atoms with Crippen LogP contribution in [-0.4, -0.2) is 43.5 Å². The molecular formula is C27H28N2O3. The first kappa shape index (κ1) is 21.6. The molecule has 1 aliphatic rings. The van der Waals surface area contributed by atoms with Crippen LogP contribution >= 0.6 is 0 Å². The average Bonchev–Trinajstić information content (AvgIpc) is 3.00. The summed E-state index contributed by atoms with van der Waals surface area (Å²) in [4.78, 5) is 27.7. The molecule has 3 aromatic rings. The number of nitrogens with one attached hydrogen (secondary N) is 1. The number of carbonyl (C=O) groups excluding carboxylic acids is 2. The van der Waals surface area contributed by atoms with Crippen molar-refractivity contribution in [1.29, 1.82) is 0 Å². The molecule has 32 heavy (non-hydrogen) atoms. The lowest BCUT2D eigenvalue weighted by Gasteiger charge is -2.23. The monoisotopic (exact) mass is 428 g/mol. The van der Waals surface area contributed by atoms with Gasteiger partial charge in [-0.3, -0.25) is 9.59 Å². The number of ether oxygens (including phenoxy) is 1. The lowest BCUT2D eigenvalue weighted by molar-refractivity contribution is -0.124. The molecule has 0 saturated carbocycles. The first-order valence-electron chi connectivity index (χ1n) is 10.9. The van der Waals surface area contributed by atoms with Gasteiger partial charge < -0.3 is 15.0 Å². The Morgan fingerprint density at radius 1 is 1.06 bits per heavy atom. The summed E-state index contributed by atoms with van der Waals surface area (Å²) in [7, 11) is 1.58. The Bertz CT molecular complexity index is 1130. The fourth-order valence-corrected chi connectivity index (χ4v) is 4.23. The summed E-state index contributed by atoms with van der Waals surface area (Å²) >= 11 is 0. The van der Waals surface area contributed by atoms with Gasteiger partial charge in [0.05, 0.1) is 13.0 Å². The number of amides is 2. The molecule has 1 unspecified atom stereocenters. The van der Waals surface area contributed by atoms with E-state index in [0.29, 0.717) is 37.4 Å². The predicted molar refractivity (Wildman–Crippen MR) is 126 cm³/mol. The van der Waals surface area contributed by atoms with Crippen molar-refractivity contribution in [2.45, 2.75) is 13.3 Å². The zero-order valence-corrected chi connectivity index (χ0v) is 18.5. The summed E-state index contributed by atoms with van der Waals surface area (Å²) < 4.78 is 5.25. The molecule has 0 aliphatic carbocycles. The number of rotatable bonds is 5. The van der Waals surface area contributed by atoms with E-state index in [9.17, 15) is 9.59 Å². The summed E-state index contributed by atoms with van der Waals surface area (Å²) in [5, 5.41) is 2.97. The molecule has 164 valence electrons. The van der Waals surface area contributed by atoms with Gasteiger partial charge in [0.2, 0.25) is 5.91 Å². The van der Waals surface area contributed by atoms with Crippen molar-refractivity contribution in [2.75, 3.05) is 26.7 Å². The molecule has 5 nitrogen and oxygen atoms in total. The summed E-state index contributed by atoms with van der Waals surface area (Å²) in [5.41, 5.74) is 5.20. The van der Waals surface area contributed by atoms with E-state index in [-0.39, 0.29) is 17.7 Å². The van der Waals surface area contributed by atoms with Crippen molar-refractivity contribution in [3.05, 3.63) is 89.5 Å². The highest BCUT2D eigenvalue weighted by Crippen LogP contribution is 2.25. The molecule has 3 aromatic carbocycles. The number of hydrogen-bond donors (Lipinski definition) is 1. The fourth-order valence-electron chi connectivity index (χ4n) is 4.23. The van der Waals surface area contributed by atoms with E-state index in [0.717, 1.165) is 11.1 Å². The lowest BCUT2D eigenvalue weighted by atomic mass is 9.94. The molecule has 4 rings (SSSR count). The minimum absolute atomic E-state index is 0.00719. The highest BCUT2D eigenvalue weighted by molar-refractivity contribution is 5.95. The maximum atomic E-state index is 13.1. The van der Waals surface area contributed by atoms with E-state index in [4.69, 9.17) is 4.74 Å². The van der Waals surface area contributed by atoms with E-state index >= 15 is 0 Å². The van der Waals surface area contributed by atoms with E-state index in [1.54, 1.807) is 24.1 Å². The topological polar surface area (TPSA) is 58.6 Å². The molecule has 0 radical (unpaired) electrons. The molecule has 0 spiro atoms. The third-order valence-electron chi connectivity index (χ3n) is 5.96. The summed E-state index contributed by atoms with van der Waals surface area (Å²) in [6, 6.07) is 23.8. The Balaban J connectivity index is 1.54. The maximum absolute atomic E-state index is 13.1. The molecule has 1 atom stereocenters. The molecule has 5 heteroatoms. The molecular weight excluding hydrogens is 400 g/mol. The van der Waals surface area contributed by atoms with Gasteiger partial charge in [0.25, 0.3) is 5.91 Å². The molecule has 1 N–H and O–H groups in total. The van der Waals surface area contributed by atoms with Crippen molar-refractivity contribution >= 4 is 11.8 Å². The Morgan fingerprint density at radius 3 is 2.69 bits per heavy atom. The molecule has 0 aromatic heterocycles. The van der Waals surface area contributed by atoms with Crippen molar-refractivity contribution in [2.24, 2.45) is 5.92 Å². The predicted octanol–water partition coefficient (Wildman–Crippen LogP) is 4.10. The van der Waals surface area contributed by atoms with Crippen molar-refractivity contribution in [3.63, 3.8) is 0 Å². The Morgan fingerprint density at radius 2 is 1.88 bits per heavy atom. The molecule has 1 fully saturated rings. The molecule has 1 aliphatic heterocycles. The first-order valence-corrected chi connectivity index (χ1v) is 10.9. The normalized spacial score (nSPS) is 16.2. The second-order valence-corrected chi connectivity index (χ2v) is 8.19. The van der Waals surface area contributed by atoms with Crippen LogP contribution in [0.5, 0.6) is 5.75 Å². The van der Waals surface area contributed by atoms with Gasteiger partial charge in [-0.25, -0.2) is 0 Å². The average molecular weight is 429 g/mol. The SMILES string of the molecule is COc1cccc(C(=O)N2CCNC(=O)C(Cc3cccc(-c4ccccc4C)c3)C2)c1. The second kappa shape index (κ2) is 9.69. The van der Waals surface area contributed by atoms with Crippen LogP contribution in [0.1, 0.15) is 21.5 Å². The third-order valence-corrected chi connectivity index (χ3v) is 5.96. The van der Waals surface area contributed by atoms with Gasteiger partial charge in [0.15, 0.2) is 0 Å². The number of benzene rings is 3. The van der Waals surface area contributed by atoms with Gasteiger partial charge in [0, 0.05) is 25.2 Å². The second-order valence-electron chi connectivity index (χ2n) is 8.19. The van der Waals surface area contributed by atoms with Crippen LogP contribution in [0.4, 0.5) is 0 Å². The van der Waals surface area contributed by atoms with E-state index in [1.165, 1.54) is 11.1 Å². The van der Waals surface area contributed by atoms with Crippen LogP contribution in [0.2, 0.25) is 0 Å². The number of aryl methyl sites for hydroxylation is 1. The smallest absolute Gasteiger partial charge is 0.254 e. The lowest BCUT2D eigenvalue weighted by Crippen LogP contribution is -2.37. The summed E-state index contributed by atoms with van der Waals surface area (Å²) in [5.74, 6) is 0.245. The van der Waals surface area contributed by atoms with Crippen molar-refractivity contribution in [1.82, 2.24) is 10.2 Å². The van der Waals surface area contributed by atoms with Gasteiger partial charge in [-0.05, 0) is 53.8 Å². The fraction of sp³-hybridized carbons (Fsp3) is 0.259. The van der Waals surface area contributed by atoms with Gasteiger partial charge in [0.1, 0.15) is 5.75 Å². The van der Waals surface area contributed by atoms with Gasteiger partial charge >= 0.3 is 0 Å². The van der Waals surface area contributed by atoms with Crippen molar-refractivity contribution in [3.8, 4) is 16.9 Å². The molecule has 1 heterocycles. The summed E-state index contributed by atoms with van der Waals surface area (Å²) in [6.07, 6.45) is 0.577. The van der Waals surface area contributed by atoms with Crippen LogP contribution < -0.4 is 10.1 Å². The van der Waals surface area contributed by atoms with Crippen LogP contribution in [-0.2, 0) is 11.2 Å².